The number of fused-ring (bicyclic) bond motifs is 2. The van der Waals surface area contributed by atoms with Gasteiger partial charge in [-0.05, 0) is 29.7 Å². The maximum atomic E-state index is 12.9. The lowest BCUT2D eigenvalue weighted by Crippen LogP contribution is -2.36. The lowest BCUT2D eigenvalue weighted by molar-refractivity contribution is -0.131. The van der Waals surface area contributed by atoms with Crippen LogP contribution in [0.5, 0.6) is 0 Å². The van der Waals surface area contributed by atoms with E-state index in [9.17, 15) is 9.59 Å². The molecule has 7 heteroatoms. The summed E-state index contributed by atoms with van der Waals surface area (Å²) in [4.78, 5) is 27.0. The van der Waals surface area contributed by atoms with Crippen molar-refractivity contribution in [3.05, 3.63) is 65.2 Å². The highest BCUT2D eigenvalue weighted by Crippen LogP contribution is 2.27. The molecule has 1 fully saturated rings. The van der Waals surface area contributed by atoms with Crippen LogP contribution in [0.4, 0.5) is 0 Å². The summed E-state index contributed by atoms with van der Waals surface area (Å²) >= 11 is 0. The quantitative estimate of drug-likeness (QED) is 0.553. The fourth-order valence-corrected chi connectivity index (χ4v) is 3.83. The Hall–Kier alpha value is -3.48. The number of likely N-dealkylation sites (tertiary alicyclic amines) is 1. The zero-order chi connectivity index (χ0) is 19.1. The van der Waals surface area contributed by atoms with Gasteiger partial charge in [-0.3, -0.25) is 9.59 Å². The maximum Gasteiger partial charge on any atom is 0.293 e. The predicted molar refractivity (Wildman–Crippen MR) is 106 cm³/mol. The molecule has 4 aromatic rings. The van der Waals surface area contributed by atoms with Gasteiger partial charge in [-0.15, -0.1) is 0 Å². The number of carbonyl (C=O) groups is 1. The van der Waals surface area contributed by atoms with Crippen LogP contribution in [0.15, 0.2) is 59.7 Å². The average molecular weight is 373 g/mol. The van der Waals surface area contributed by atoms with Crippen LogP contribution in [0, 0.1) is 0 Å². The van der Waals surface area contributed by atoms with E-state index in [1.165, 1.54) is 15.5 Å². The first kappa shape index (κ1) is 16.7. The molecular weight excluding hydrogens is 354 g/mol. The van der Waals surface area contributed by atoms with Gasteiger partial charge in [-0.25, -0.2) is 9.20 Å². The van der Waals surface area contributed by atoms with Crippen molar-refractivity contribution in [2.75, 3.05) is 13.1 Å². The van der Waals surface area contributed by atoms with E-state index in [4.69, 9.17) is 0 Å². The minimum absolute atomic E-state index is 0.0376. The Morgan fingerprint density at radius 1 is 1.04 bits per heavy atom. The molecule has 140 valence electrons. The van der Waals surface area contributed by atoms with Crippen LogP contribution in [0.3, 0.4) is 0 Å². The second-order valence-electron chi connectivity index (χ2n) is 7.07. The topological polar surface area (TPSA) is 72.5 Å². The predicted octanol–water partition coefficient (Wildman–Crippen LogP) is 2.33. The second-order valence-corrected chi connectivity index (χ2v) is 7.07. The second kappa shape index (κ2) is 6.60. The zero-order valence-corrected chi connectivity index (χ0v) is 15.3. The molecule has 0 saturated carbocycles. The number of amides is 1. The van der Waals surface area contributed by atoms with Gasteiger partial charge < -0.3 is 4.90 Å². The largest absolute Gasteiger partial charge is 0.341 e. The van der Waals surface area contributed by atoms with Crippen molar-refractivity contribution in [1.29, 1.82) is 0 Å². The molecule has 5 rings (SSSR count). The summed E-state index contributed by atoms with van der Waals surface area (Å²) in [5.74, 6) is -0.0646. The Morgan fingerprint density at radius 3 is 2.68 bits per heavy atom. The average Bonchev–Trinajstić information content (AvgIpc) is 3.40. The number of hydrogen-bond donors (Lipinski definition) is 0. The van der Waals surface area contributed by atoms with E-state index in [0.29, 0.717) is 11.2 Å². The summed E-state index contributed by atoms with van der Waals surface area (Å²) < 4.78 is 2.71. The lowest BCUT2D eigenvalue weighted by atomic mass is 10.0. The molecule has 0 atom stereocenters. The van der Waals surface area contributed by atoms with Crippen molar-refractivity contribution in [1.82, 2.24) is 24.3 Å². The van der Waals surface area contributed by atoms with Gasteiger partial charge in [-0.1, -0.05) is 42.5 Å². The van der Waals surface area contributed by atoms with Crippen LogP contribution in [0.2, 0.25) is 0 Å². The van der Waals surface area contributed by atoms with E-state index in [1.54, 1.807) is 11.0 Å². The summed E-state index contributed by atoms with van der Waals surface area (Å²) in [6, 6.07) is 15.9. The standard InChI is InChI=1S/C21H19N5O2/c27-20(24-10-3-4-11-24)13-25-21(28)19-12-18(23-26(19)14-22-25)17-9-5-7-15-6-1-2-8-16(15)17/h1-2,5-9,12,14H,3-4,10-11,13H2. The van der Waals surface area contributed by atoms with Crippen LogP contribution in [-0.4, -0.2) is 43.3 Å². The molecule has 0 aliphatic carbocycles. The third-order valence-electron chi connectivity index (χ3n) is 5.30. The third kappa shape index (κ3) is 2.76. The van der Waals surface area contributed by atoms with Gasteiger partial charge in [0, 0.05) is 18.7 Å². The molecule has 0 unspecified atom stereocenters. The lowest BCUT2D eigenvalue weighted by Gasteiger charge is -2.15. The Balaban J connectivity index is 1.55. The fraction of sp³-hybridized carbons (Fsp3) is 0.238. The number of aromatic nitrogens is 4. The highest BCUT2D eigenvalue weighted by atomic mass is 16.2. The van der Waals surface area contributed by atoms with E-state index in [1.807, 2.05) is 42.5 Å². The van der Waals surface area contributed by atoms with Crippen LogP contribution >= 0.6 is 0 Å². The number of carbonyl (C=O) groups excluding carboxylic acids is 1. The molecule has 1 aliphatic heterocycles. The van der Waals surface area contributed by atoms with E-state index in [0.717, 1.165) is 42.3 Å². The summed E-state index contributed by atoms with van der Waals surface area (Å²) in [5, 5.41) is 10.9. The summed E-state index contributed by atoms with van der Waals surface area (Å²) in [7, 11) is 0. The number of benzene rings is 2. The van der Waals surface area contributed by atoms with Gasteiger partial charge in [0.25, 0.3) is 5.56 Å². The Morgan fingerprint density at radius 2 is 1.82 bits per heavy atom. The molecule has 1 amide bonds. The third-order valence-corrected chi connectivity index (χ3v) is 5.30. The van der Waals surface area contributed by atoms with Crippen LogP contribution in [0.1, 0.15) is 12.8 Å². The van der Waals surface area contributed by atoms with Gasteiger partial charge in [-0.2, -0.15) is 10.2 Å². The fourth-order valence-electron chi connectivity index (χ4n) is 3.83. The molecule has 1 aliphatic rings. The first-order chi connectivity index (χ1) is 13.7. The molecule has 7 nitrogen and oxygen atoms in total. The van der Waals surface area contributed by atoms with Crippen molar-refractivity contribution in [2.45, 2.75) is 19.4 Å². The molecular formula is C21H19N5O2. The minimum Gasteiger partial charge on any atom is -0.341 e. The van der Waals surface area contributed by atoms with E-state index in [-0.39, 0.29) is 18.0 Å². The zero-order valence-electron chi connectivity index (χ0n) is 15.3. The normalized spacial score (nSPS) is 14.2. The number of nitrogens with zero attached hydrogens (tertiary/aromatic N) is 5. The molecule has 0 spiro atoms. The number of rotatable bonds is 3. The molecule has 0 radical (unpaired) electrons. The van der Waals surface area contributed by atoms with Gasteiger partial charge in [0.15, 0.2) is 0 Å². The first-order valence-corrected chi connectivity index (χ1v) is 9.42. The summed E-state index contributed by atoms with van der Waals surface area (Å²) in [6.45, 7) is 1.48. The van der Waals surface area contributed by atoms with Crippen LogP contribution in [-0.2, 0) is 11.3 Å². The van der Waals surface area contributed by atoms with Crippen molar-refractivity contribution in [3.8, 4) is 11.3 Å². The Bertz CT molecular complexity index is 1250. The van der Waals surface area contributed by atoms with Crippen LogP contribution < -0.4 is 5.56 Å². The van der Waals surface area contributed by atoms with E-state index in [2.05, 4.69) is 10.2 Å². The maximum absolute atomic E-state index is 12.9. The molecule has 28 heavy (non-hydrogen) atoms. The molecule has 0 bridgehead atoms. The summed E-state index contributed by atoms with van der Waals surface area (Å²) in [6.07, 6.45) is 3.52. The highest BCUT2D eigenvalue weighted by molar-refractivity contribution is 5.96. The van der Waals surface area contributed by atoms with Crippen LogP contribution in [0.25, 0.3) is 27.5 Å². The Labute approximate surface area is 160 Å². The molecule has 2 aromatic carbocycles. The van der Waals surface area contributed by atoms with Gasteiger partial charge in [0.05, 0.1) is 5.69 Å². The highest BCUT2D eigenvalue weighted by Gasteiger charge is 2.20. The number of hydrogen-bond acceptors (Lipinski definition) is 4. The summed E-state index contributed by atoms with van der Waals surface area (Å²) in [5.41, 5.74) is 1.77. The van der Waals surface area contributed by atoms with Crippen molar-refractivity contribution >= 4 is 22.2 Å². The van der Waals surface area contributed by atoms with Crippen molar-refractivity contribution < 1.29 is 4.79 Å². The molecule has 2 aromatic heterocycles. The SMILES string of the molecule is O=C(Cn1ncn2nc(-c3cccc4ccccc34)cc2c1=O)N1CCCC1. The molecule has 3 heterocycles. The van der Waals surface area contributed by atoms with Crippen molar-refractivity contribution in [2.24, 2.45) is 0 Å². The van der Waals surface area contributed by atoms with E-state index >= 15 is 0 Å². The smallest absolute Gasteiger partial charge is 0.293 e. The Kier molecular flexibility index (Phi) is 3.93. The van der Waals surface area contributed by atoms with Gasteiger partial charge in [0.2, 0.25) is 5.91 Å². The minimum atomic E-state index is -0.311. The first-order valence-electron chi connectivity index (χ1n) is 9.42. The molecule has 1 saturated heterocycles. The monoisotopic (exact) mass is 373 g/mol. The van der Waals surface area contributed by atoms with Gasteiger partial charge in [0.1, 0.15) is 18.4 Å². The van der Waals surface area contributed by atoms with Gasteiger partial charge >= 0.3 is 0 Å². The van der Waals surface area contributed by atoms with Crippen molar-refractivity contribution in [3.63, 3.8) is 0 Å². The van der Waals surface area contributed by atoms with E-state index < -0.39 is 0 Å². The molecule has 0 N–H and O–H groups in total.